The highest BCUT2D eigenvalue weighted by Gasteiger charge is 2.76. The molecule has 3 heterocycles. The van der Waals surface area contributed by atoms with E-state index in [9.17, 15) is 19.5 Å². The minimum atomic E-state index is -0.774. The summed E-state index contributed by atoms with van der Waals surface area (Å²) in [6, 6.07) is 8.40. The molecule has 7 nitrogen and oxygen atoms in total. The van der Waals surface area contributed by atoms with Crippen molar-refractivity contribution in [3.05, 3.63) is 61.2 Å². The number of nitrogens with zero attached hydrogens (tertiary/aromatic N) is 3. The van der Waals surface area contributed by atoms with Crippen LogP contribution in [-0.4, -0.2) is 97.2 Å². The number of amides is 3. The lowest BCUT2D eigenvalue weighted by atomic mass is 9.70. The van der Waals surface area contributed by atoms with Crippen molar-refractivity contribution in [1.82, 2.24) is 14.7 Å². The number of thioether (sulfide) groups is 1. The second kappa shape index (κ2) is 13.9. The summed E-state index contributed by atoms with van der Waals surface area (Å²) in [6.45, 7) is 13.5. The summed E-state index contributed by atoms with van der Waals surface area (Å²) in [5.74, 6) is -1.51. The van der Waals surface area contributed by atoms with Crippen molar-refractivity contribution in [1.29, 1.82) is 0 Å². The molecule has 0 aromatic heterocycles. The number of aliphatic hydroxyl groups excluding tert-OH is 1. The van der Waals surface area contributed by atoms with Crippen LogP contribution < -0.4 is 0 Å². The summed E-state index contributed by atoms with van der Waals surface area (Å²) in [6.07, 6.45) is 7.08. The molecule has 3 saturated heterocycles. The first-order valence-electron chi connectivity index (χ1n) is 14.9. The van der Waals surface area contributed by atoms with Crippen molar-refractivity contribution in [3.63, 3.8) is 0 Å². The van der Waals surface area contributed by atoms with Crippen molar-refractivity contribution < 1.29 is 19.5 Å². The first-order valence-corrected chi connectivity index (χ1v) is 16.7. The third kappa shape index (κ3) is 5.91. The van der Waals surface area contributed by atoms with E-state index in [1.165, 1.54) is 0 Å². The number of halogens is 1. The lowest BCUT2D eigenvalue weighted by Crippen LogP contribution is -2.58. The topological polar surface area (TPSA) is 81.2 Å². The van der Waals surface area contributed by atoms with Gasteiger partial charge in [0.15, 0.2) is 0 Å². The number of benzene rings is 1. The third-order valence-electron chi connectivity index (χ3n) is 8.76. The van der Waals surface area contributed by atoms with E-state index in [-0.39, 0.29) is 34.4 Å². The molecule has 3 amide bonds. The van der Waals surface area contributed by atoms with Gasteiger partial charge in [0.1, 0.15) is 6.04 Å². The second-order valence-electron chi connectivity index (χ2n) is 11.4. The average Bonchev–Trinajstić information content (AvgIpc) is 3.57. The Kier molecular flexibility index (Phi) is 10.8. The zero-order valence-electron chi connectivity index (χ0n) is 24.3. The number of aliphatic hydroxyl groups is 1. The molecule has 4 rings (SSSR count). The molecule has 1 aromatic rings. The summed E-state index contributed by atoms with van der Waals surface area (Å²) >= 11 is 5.51. The summed E-state index contributed by atoms with van der Waals surface area (Å²) in [5, 5.41) is 10.6. The Hall–Kier alpha value is -2.10. The van der Waals surface area contributed by atoms with Gasteiger partial charge in [0, 0.05) is 36.3 Å². The standard InChI is InChI=1S/C32H44BrN3O4S/c1-5-9-18-35(17-8-4)31(40)28-32-20-24(33)27(41-32)25(29(38)34(15-6-2)16-7-3)26(32)30(39)36(28)23(21-37)19-22-13-11-10-12-14-22/h6,8,10-14,23-28,37H,2,4-5,7,9,15-21H2,1,3H3/t23-,24?,25-,26+,27-,28?,32?/m1/s1. The number of unbranched alkanes of at least 4 members (excludes halogenated alkanes) is 1. The number of hydrogen-bond donors (Lipinski definition) is 1. The van der Waals surface area contributed by atoms with Crippen molar-refractivity contribution in [3.8, 4) is 0 Å². The molecule has 3 unspecified atom stereocenters. The molecule has 1 spiro atoms. The molecule has 3 aliphatic rings. The van der Waals surface area contributed by atoms with E-state index in [4.69, 9.17) is 0 Å². The zero-order chi connectivity index (χ0) is 29.7. The molecule has 0 saturated carbocycles. The normalized spacial score (nSPS) is 28.8. The Morgan fingerprint density at radius 3 is 2.37 bits per heavy atom. The Labute approximate surface area is 257 Å². The van der Waals surface area contributed by atoms with Crippen molar-refractivity contribution in [2.24, 2.45) is 11.8 Å². The van der Waals surface area contributed by atoms with Crippen LogP contribution in [0.25, 0.3) is 0 Å². The molecular formula is C32H44BrN3O4S. The maximum atomic E-state index is 14.6. The average molecular weight is 647 g/mol. The highest BCUT2D eigenvalue weighted by Crippen LogP contribution is 2.68. The highest BCUT2D eigenvalue weighted by atomic mass is 79.9. The van der Waals surface area contributed by atoms with Gasteiger partial charge in [-0.1, -0.05) is 78.7 Å². The highest BCUT2D eigenvalue weighted by molar-refractivity contribution is 9.09. The van der Waals surface area contributed by atoms with Gasteiger partial charge in [0.2, 0.25) is 17.7 Å². The number of alkyl halides is 1. The van der Waals surface area contributed by atoms with Gasteiger partial charge in [0.05, 0.1) is 29.2 Å². The summed E-state index contributed by atoms with van der Waals surface area (Å²) in [7, 11) is 0. The number of likely N-dealkylation sites (tertiary alicyclic amines) is 1. The largest absolute Gasteiger partial charge is 0.394 e. The molecular weight excluding hydrogens is 602 g/mol. The van der Waals surface area contributed by atoms with Crippen LogP contribution in [0.15, 0.2) is 55.6 Å². The van der Waals surface area contributed by atoms with Crippen LogP contribution in [0.2, 0.25) is 0 Å². The summed E-state index contributed by atoms with van der Waals surface area (Å²) in [5.41, 5.74) is 0.983. The Morgan fingerprint density at radius 1 is 1.12 bits per heavy atom. The van der Waals surface area contributed by atoms with Gasteiger partial charge in [-0.05, 0) is 31.2 Å². The van der Waals surface area contributed by atoms with Crippen LogP contribution in [0.3, 0.4) is 0 Å². The van der Waals surface area contributed by atoms with E-state index in [0.717, 1.165) is 24.8 Å². The van der Waals surface area contributed by atoms with Gasteiger partial charge < -0.3 is 19.8 Å². The van der Waals surface area contributed by atoms with Crippen LogP contribution in [0.5, 0.6) is 0 Å². The second-order valence-corrected chi connectivity index (χ2v) is 14.2. The van der Waals surface area contributed by atoms with Gasteiger partial charge in [-0.25, -0.2) is 0 Å². The first kappa shape index (κ1) is 31.8. The Balaban J connectivity index is 1.81. The smallest absolute Gasteiger partial charge is 0.247 e. The first-order chi connectivity index (χ1) is 19.8. The number of hydrogen-bond acceptors (Lipinski definition) is 5. The van der Waals surface area contributed by atoms with Gasteiger partial charge >= 0.3 is 0 Å². The van der Waals surface area contributed by atoms with Gasteiger partial charge in [-0.2, -0.15) is 0 Å². The van der Waals surface area contributed by atoms with Crippen LogP contribution in [0.4, 0.5) is 0 Å². The quantitative estimate of drug-likeness (QED) is 0.227. The van der Waals surface area contributed by atoms with Crippen LogP contribution in [0.1, 0.15) is 45.1 Å². The Bertz CT molecular complexity index is 1120. The molecule has 224 valence electrons. The molecule has 7 atom stereocenters. The SMILES string of the molecule is C=CCN(CCCC)C(=O)C1N([C@@H](CO)Cc2ccccc2)C(=O)[C@@H]2[C@@H](C(=O)N(CC=C)CCC)[C@@H]3SC12CC3Br. The van der Waals surface area contributed by atoms with Crippen molar-refractivity contribution >= 4 is 45.4 Å². The van der Waals surface area contributed by atoms with Crippen molar-refractivity contribution in [2.75, 3.05) is 32.8 Å². The van der Waals surface area contributed by atoms with Gasteiger partial charge in [-0.3, -0.25) is 14.4 Å². The van der Waals surface area contributed by atoms with Crippen LogP contribution >= 0.6 is 27.7 Å². The van der Waals surface area contributed by atoms with Gasteiger partial charge in [0.25, 0.3) is 0 Å². The zero-order valence-corrected chi connectivity index (χ0v) is 26.7. The molecule has 3 fully saturated rings. The van der Waals surface area contributed by atoms with Gasteiger partial charge in [-0.15, -0.1) is 24.9 Å². The monoisotopic (exact) mass is 645 g/mol. The van der Waals surface area contributed by atoms with E-state index in [1.54, 1.807) is 33.7 Å². The fourth-order valence-corrected chi connectivity index (χ4v) is 10.6. The van der Waals surface area contributed by atoms with Crippen molar-refractivity contribution in [2.45, 2.75) is 72.9 Å². The lowest BCUT2D eigenvalue weighted by molar-refractivity contribution is -0.147. The maximum absolute atomic E-state index is 14.6. The fraction of sp³-hybridized carbons (Fsp3) is 0.594. The fourth-order valence-electron chi connectivity index (χ4n) is 7.06. The third-order valence-corrected chi connectivity index (χ3v) is 12.0. The van der Waals surface area contributed by atoms with E-state index >= 15 is 0 Å². The number of fused-ring (bicyclic) bond motifs is 1. The summed E-state index contributed by atoms with van der Waals surface area (Å²) < 4.78 is -0.755. The molecule has 0 aliphatic carbocycles. The molecule has 3 aliphatic heterocycles. The maximum Gasteiger partial charge on any atom is 0.247 e. The van der Waals surface area contributed by atoms with E-state index in [0.29, 0.717) is 39.0 Å². The van der Waals surface area contributed by atoms with E-state index in [2.05, 4.69) is 36.0 Å². The number of carbonyl (C=O) groups is 3. The summed E-state index contributed by atoms with van der Waals surface area (Å²) in [4.78, 5) is 48.7. The minimum absolute atomic E-state index is 0.00171. The lowest BCUT2D eigenvalue weighted by Gasteiger charge is -2.40. The van der Waals surface area contributed by atoms with E-state index in [1.807, 2.05) is 42.2 Å². The molecule has 1 aromatic carbocycles. The predicted molar refractivity (Wildman–Crippen MR) is 169 cm³/mol. The molecule has 41 heavy (non-hydrogen) atoms. The molecule has 1 N–H and O–H groups in total. The van der Waals surface area contributed by atoms with Crippen LogP contribution in [0, 0.1) is 11.8 Å². The molecule has 0 radical (unpaired) electrons. The predicted octanol–water partition coefficient (Wildman–Crippen LogP) is 4.29. The molecule has 9 heteroatoms. The molecule has 2 bridgehead atoms. The Morgan fingerprint density at radius 2 is 1.78 bits per heavy atom. The minimum Gasteiger partial charge on any atom is -0.394 e. The van der Waals surface area contributed by atoms with E-state index < -0.39 is 28.7 Å². The number of carbonyl (C=O) groups excluding carboxylic acids is 3. The number of rotatable bonds is 15. The van der Waals surface area contributed by atoms with Crippen LogP contribution in [-0.2, 0) is 20.8 Å².